The highest BCUT2D eigenvalue weighted by molar-refractivity contribution is 5.89. The van der Waals surface area contributed by atoms with Crippen molar-refractivity contribution in [1.29, 1.82) is 0 Å². The maximum Gasteiger partial charge on any atom is 0.338 e. The molecule has 18 heavy (non-hydrogen) atoms. The molecule has 0 atom stereocenters. The van der Waals surface area contributed by atoms with E-state index in [1.807, 2.05) is 0 Å². The first-order chi connectivity index (χ1) is 8.59. The SMILES string of the molecule is CC(C)CCOCCOC(=O)c1ccc(N)cc1. The lowest BCUT2D eigenvalue weighted by Gasteiger charge is -2.07. The van der Waals surface area contributed by atoms with Gasteiger partial charge in [-0.15, -0.1) is 0 Å². The molecule has 1 aromatic rings. The largest absolute Gasteiger partial charge is 0.460 e. The van der Waals surface area contributed by atoms with Gasteiger partial charge >= 0.3 is 5.97 Å². The number of benzene rings is 1. The molecule has 0 fully saturated rings. The Kier molecular flexibility index (Phi) is 6.22. The van der Waals surface area contributed by atoms with E-state index in [2.05, 4.69) is 13.8 Å². The maximum atomic E-state index is 11.6. The van der Waals surface area contributed by atoms with Crippen LogP contribution in [0.4, 0.5) is 5.69 Å². The fourth-order valence-electron chi connectivity index (χ4n) is 1.32. The van der Waals surface area contributed by atoms with Gasteiger partial charge in [0.15, 0.2) is 0 Å². The molecule has 0 spiro atoms. The molecular formula is C14H21NO3. The molecule has 0 amide bonds. The molecule has 0 heterocycles. The predicted octanol–water partition coefficient (Wildman–Crippen LogP) is 2.49. The van der Waals surface area contributed by atoms with Crippen LogP contribution >= 0.6 is 0 Å². The van der Waals surface area contributed by atoms with Crippen molar-refractivity contribution in [3.8, 4) is 0 Å². The Morgan fingerprint density at radius 1 is 1.17 bits per heavy atom. The summed E-state index contributed by atoms with van der Waals surface area (Å²) in [5.41, 5.74) is 6.67. The fraction of sp³-hybridized carbons (Fsp3) is 0.500. The molecule has 0 radical (unpaired) electrons. The van der Waals surface area contributed by atoms with Crippen LogP contribution in [0.5, 0.6) is 0 Å². The van der Waals surface area contributed by atoms with E-state index < -0.39 is 0 Å². The molecule has 2 N–H and O–H groups in total. The van der Waals surface area contributed by atoms with Crippen molar-refractivity contribution in [3.63, 3.8) is 0 Å². The van der Waals surface area contributed by atoms with Crippen molar-refractivity contribution in [2.45, 2.75) is 20.3 Å². The first-order valence-corrected chi connectivity index (χ1v) is 6.20. The first-order valence-electron chi connectivity index (χ1n) is 6.20. The van der Waals surface area contributed by atoms with Crippen molar-refractivity contribution in [2.24, 2.45) is 5.92 Å². The number of nitrogens with two attached hydrogens (primary N) is 1. The van der Waals surface area contributed by atoms with Crippen LogP contribution in [0.1, 0.15) is 30.6 Å². The van der Waals surface area contributed by atoms with Crippen molar-refractivity contribution in [3.05, 3.63) is 29.8 Å². The zero-order valence-electron chi connectivity index (χ0n) is 11.0. The summed E-state index contributed by atoms with van der Waals surface area (Å²) in [5, 5.41) is 0. The van der Waals surface area contributed by atoms with Gasteiger partial charge in [-0.3, -0.25) is 0 Å². The summed E-state index contributed by atoms with van der Waals surface area (Å²) < 4.78 is 10.4. The van der Waals surface area contributed by atoms with Crippen LogP contribution < -0.4 is 5.73 Å². The molecule has 0 saturated heterocycles. The topological polar surface area (TPSA) is 61.5 Å². The number of esters is 1. The molecule has 0 unspecified atom stereocenters. The van der Waals surface area contributed by atoms with E-state index >= 15 is 0 Å². The van der Waals surface area contributed by atoms with Crippen LogP contribution in [-0.2, 0) is 9.47 Å². The Labute approximate surface area is 108 Å². The smallest absolute Gasteiger partial charge is 0.338 e. The molecule has 0 bridgehead atoms. The van der Waals surface area contributed by atoms with E-state index in [9.17, 15) is 4.79 Å². The van der Waals surface area contributed by atoms with E-state index in [1.165, 1.54) is 0 Å². The van der Waals surface area contributed by atoms with Crippen molar-refractivity contribution in [2.75, 3.05) is 25.6 Å². The number of anilines is 1. The highest BCUT2D eigenvalue weighted by Gasteiger charge is 2.05. The molecule has 0 saturated carbocycles. The van der Waals surface area contributed by atoms with E-state index in [4.69, 9.17) is 15.2 Å². The fourth-order valence-corrected chi connectivity index (χ4v) is 1.32. The van der Waals surface area contributed by atoms with E-state index in [0.717, 1.165) is 6.42 Å². The molecule has 0 aliphatic rings. The summed E-state index contributed by atoms with van der Waals surface area (Å²) in [6.07, 6.45) is 1.02. The lowest BCUT2D eigenvalue weighted by Crippen LogP contribution is -2.11. The van der Waals surface area contributed by atoms with Crippen molar-refractivity contribution < 1.29 is 14.3 Å². The minimum atomic E-state index is -0.345. The van der Waals surface area contributed by atoms with Crippen LogP contribution in [0, 0.1) is 5.92 Å². The summed E-state index contributed by atoms with van der Waals surface area (Å²) in [6, 6.07) is 6.65. The Morgan fingerprint density at radius 2 is 1.83 bits per heavy atom. The van der Waals surface area contributed by atoms with Gasteiger partial charge in [0.25, 0.3) is 0 Å². The third kappa shape index (κ3) is 5.68. The molecule has 1 aromatic carbocycles. The molecule has 1 rings (SSSR count). The summed E-state index contributed by atoms with van der Waals surface area (Å²) in [5.74, 6) is 0.282. The number of carbonyl (C=O) groups is 1. The molecule has 0 aliphatic heterocycles. The first kappa shape index (κ1) is 14.5. The number of nitrogen functional groups attached to an aromatic ring is 1. The molecule has 0 aromatic heterocycles. The van der Waals surface area contributed by atoms with Crippen LogP contribution in [0.15, 0.2) is 24.3 Å². The zero-order valence-corrected chi connectivity index (χ0v) is 11.0. The highest BCUT2D eigenvalue weighted by atomic mass is 16.6. The van der Waals surface area contributed by atoms with Gasteiger partial charge in [0.1, 0.15) is 6.61 Å². The second-order valence-corrected chi connectivity index (χ2v) is 4.55. The van der Waals surface area contributed by atoms with Gasteiger partial charge in [0.2, 0.25) is 0 Å². The predicted molar refractivity (Wildman–Crippen MR) is 71.4 cm³/mol. The van der Waals surface area contributed by atoms with Crippen molar-refractivity contribution in [1.82, 2.24) is 0 Å². The minimum absolute atomic E-state index is 0.279. The minimum Gasteiger partial charge on any atom is -0.460 e. The zero-order chi connectivity index (χ0) is 13.4. The number of ether oxygens (including phenoxy) is 2. The molecule has 4 heteroatoms. The van der Waals surface area contributed by atoms with Crippen LogP contribution in [0.25, 0.3) is 0 Å². The van der Waals surface area contributed by atoms with Gasteiger partial charge in [-0.2, -0.15) is 0 Å². The summed E-state index contributed by atoms with van der Waals surface area (Å²) >= 11 is 0. The Bertz CT molecular complexity index is 360. The number of hydrogen-bond acceptors (Lipinski definition) is 4. The second kappa shape index (κ2) is 7.71. The molecule has 0 aliphatic carbocycles. The highest BCUT2D eigenvalue weighted by Crippen LogP contribution is 2.06. The Balaban J connectivity index is 2.16. The van der Waals surface area contributed by atoms with Gasteiger partial charge in [-0.1, -0.05) is 13.8 Å². The summed E-state index contributed by atoms with van der Waals surface area (Å²) in [4.78, 5) is 11.6. The molecular weight excluding hydrogens is 230 g/mol. The Morgan fingerprint density at radius 3 is 2.44 bits per heavy atom. The maximum absolute atomic E-state index is 11.6. The van der Waals surface area contributed by atoms with Crippen molar-refractivity contribution >= 4 is 11.7 Å². The summed E-state index contributed by atoms with van der Waals surface area (Å²) in [7, 11) is 0. The molecule has 4 nitrogen and oxygen atoms in total. The normalized spacial score (nSPS) is 10.6. The van der Waals surface area contributed by atoms with Gasteiger partial charge in [0.05, 0.1) is 12.2 Å². The second-order valence-electron chi connectivity index (χ2n) is 4.55. The van der Waals surface area contributed by atoms with E-state index in [0.29, 0.717) is 30.4 Å². The average Bonchev–Trinajstić information content (AvgIpc) is 2.34. The molecule has 100 valence electrons. The van der Waals surface area contributed by atoms with Crippen LogP contribution in [0.3, 0.4) is 0 Å². The van der Waals surface area contributed by atoms with Gasteiger partial charge in [0, 0.05) is 12.3 Å². The third-order valence-corrected chi connectivity index (χ3v) is 2.45. The number of carbonyl (C=O) groups excluding carboxylic acids is 1. The average molecular weight is 251 g/mol. The third-order valence-electron chi connectivity index (χ3n) is 2.45. The standard InChI is InChI=1S/C14H21NO3/c1-11(2)7-8-17-9-10-18-14(16)12-3-5-13(15)6-4-12/h3-6,11H,7-10,15H2,1-2H3. The van der Waals surface area contributed by atoms with Crippen LogP contribution in [-0.4, -0.2) is 25.8 Å². The monoisotopic (exact) mass is 251 g/mol. The lowest BCUT2D eigenvalue weighted by molar-refractivity contribution is 0.0303. The quantitative estimate of drug-likeness (QED) is 0.459. The Hall–Kier alpha value is -1.55. The lowest BCUT2D eigenvalue weighted by atomic mass is 10.1. The van der Waals surface area contributed by atoms with Gasteiger partial charge in [-0.25, -0.2) is 4.79 Å². The number of hydrogen-bond donors (Lipinski definition) is 1. The van der Waals surface area contributed by atoms with Crippen LogP contribution in [0.2, 0.25) is 0 Å². The van der Waals surface area contributed by atoms with E-state index in [-0.39, 0.29) is 12.6 Å². The van der Waals surface area contributed by atoms with Gasteiger partial charge in [-0.05, 0) is 36.6 Å². The number of rotatable bonds is 7. The summed E-state index contributed by atoms with van der Waals surface area (Å²) in [6.45, 7) is 5.71. The van der Waals surface area contributed by atoms with Gasteiger partial charge < -0.3 is 15.2 Å². The van der Waals surface area contributed by atoms with E-state index in [1.54, 1.807) is 24.3 Å².